The van der Waals surface area contributed by atoms with Crippen LogP contribution in [0.2, 0.25) is 0 Å². The number of unbranched alkanes of at least 4 members (excludes halogenated alkanes) is 2. The first-order valence-electron chi connectivity index (χ1n) is 8.56. The molecule has 0 amide bonds. The molecule has 0 unspecified atom stereocenters. The van der Waals surface area contributed by atoms with Crippen molar-refractivity contribution in [3.05, 3.63) is 35.4 Å². The molecule has 0 radical (unpaired) electrons. The number of aryl methyl sites for hydroxylation is 2. The van der Waals surface area contributed by atoms with Gasteiger partial charge in [-0.25, -0.2) is 0 Å². The third-order valence-electron chi connectivity index (χ3n) is 4.28. The van der Waals surface area contributed by atoms with Gasteiger partial charge in [0.2, 0.25) is 0 Å². The van der Waals surface area contributed by atoms with Gasteiger partial charge in [-0.1, -0.05) is 49.6 Å². The summed E-state index contributed by atoms with van der Waals surface area (Å²) in [4.78, 5) is 0. The predicted octanol–water partition coefficient (Wildman–Crippen LogP) is 4.89. The van der Waals surface area contributed by atoms with Gasteiger partial charge < -0.3 is 9.47 Å². The first kappa shape index (κ1) is 16.5. The highest BCUT2D eigenvalue weighted by molar-refractivity contribution is 5.21. The van der Waals surface area contributed by atoms with Crippen LogP contribution in [0.25, 0.3) is 0 Å². The van der Waals surface area contributed by atoms with E-state index in [1.54, 1.807) is 0 Å². The van der Waals surface area contributed by atoms with Crippen LogP contribution in [0.4, 0.5) is 0 Å². The molecular weight excluding hydrogens is 260 g/mol. The summed E-state index contributed by atoms with van der Waals surface area (Å²) in [5.74, 6) is 0.619. The van der Waals surface area contributed by atoms with Crippen LogP contribution in [-0.2, 0) is 15.9 Å². The fourth-order valence-electron chi connectivity index (χ4n) is 2.80. The molecule has 2 rings (SSSR count). The lowest BCUT2D eigenvalue weighted by atomic mass is 10.0. The van der Waals surface area contributed by atoms with E-state index in [-0.39, 0.29) is 6.29 Å². The summed E-state index contributed by atoms with van der Waals surface area (Å²) in [6.07, 6.45) is 8.43. The third kappa shape index (κ3) is 6.19. The van der Waals surface area contributed by atoms with Crippen LogP contribution in [0.3, 0.4) is 0 Å². The molecule has 0 aliphatic carbocycles. The number of hydrogen-bond acceptors (Lipinski definition) is 2. The second kappa shape index (κ2) is 9.22. The molecule has 1 aromatic rings. The molecule has 0 saturated carbocycles. The first-order chi connectivity index (χ1) is 10.3. The third-order valence-corrected chi connectivity index (χ3v) is 4.28. The quantitative estimate of drug-likeness (QED) is 0.635. The van der Waals surface area contributed by atoms with Crippen molar-refractivity contribution >= 4 is 0 Å². The maximum absolute atomic E-state index is 5.83. The van der Waals surface area contributed by atoms with Gasteiger partial charge in [-0.3, -0.25) is 0 Å². The Hall–Kier alpha value is -0.860. The monoisotopic (exact) mass is 290 g/mol. The maximum atomic E-state index is 5.83. The first-order valence-corrected chi connectivity index (χ1v) is 8.56. The summed E-state index contributed by atoms with van der Waals surface area (Å²) in [6, 6.07) is 8.86. The Bertz CT molecular complexity index is 377. The minimum Gasteiger partial charge on any atom is -0.352 e. The summed E-state index contributed by atoms with van der Waals surface area (Å²) >= 11 is 0. The predicted molar refractivity (Wildman–Crippen MR) is 87.4 cm³/mol. The van der Waals surface area contributed by atoms with Crippen LogP contribution in [0, 0.1) is 12.8 Å². The number of hydrogen-bond donors (Lipinski definition) is 0. The number of rotatable bonds is 8. The number of ether oxygens (including phenoxy) is 2. The van der Waals surface area contributed by atoms with Crippen molar-refractivity contribution in [3.63, 3.8) is 0 Å². The molecule has 2 nitrogen and oxygen atoms in total. The van der Waals surface area contributed by atoms with Crippen molar-refractivity contribution in [3.8, 4) is 0 Å². The van der Waals surface area contributed by atoms with Gasteiger partial charge in [0.25, 0.3) is 0 Å². The van der Waals surface area contributed by atoms with E-state index in [1.165, 1.54) is 43.2 Å². The second-order valence-electron chi connectivity index (χ2n) is 6.34. The second-order valence-corrected chi connectivity index (χ2v) is 6.34. The summed E-state index contributed by atoms with van der Waals surface area (Å²) in [5, 5.41) is 0. The molecule has 1 aromatic carbocycles. The van der Waals surface area contributed by atoms with Gasteiger partial charge in [0.05, 0.1) is 13.2 Å². The lowest BCUT2D eigenvalue weighted by Gasteiger charge is -2.29. The molecule has 0 spiro atoms. The van der Waals surface area contributed by atoms with Crippen LogP contribution in [0.5, 0.6) is 0 Å². The Kier molecular flexibility index (Phi) is 7.25. The van der Waals surface area contributed by atoms with Crippen molar-refractivity contribution in [2.45, 2.75) is 65.1 Å². The van der Waals surface area contributed by atoms with Gasteiger partial charge in [0.1, 0.15) is 0 Å². The molecule has 1 aliphatic heterocycles. The Morgan fingerprint density at radius 1 is 0.952 bits per heavy atom. The van der Waals surface area contributed by atoms with Crippen LogP contribution >= 0.6 is 0 Å². The van der Waals surface area contributed by atoms with E-state index in [9.17, 15) is 0 Å². The van der Waals surface area contributed by atoms with E-state index in [4.69, 9.17) is 9.47 Å². The van der Waals surface area contributed by atoms with E-state index in [2.05, 4.69) is 38.1 Å². The van der Waals surface area contributed by atoms with Gasteiger partial charge in [0, 0.05) is 5.92 Å². The van der Waals surface area contributed by atoms with Gasteiger partial charge in [-0.15, -0.1) is 0 Å². The molecule has 1 aliphatic rings. The Balaban J connectivity index is 1.54. The van der Waals surface area contributed by atoms with Crippen molar-refractivity contribution < 1.29 is 9.47 Å². The Morgan fingerprint density at radius 2 is 1.67 bits per heavy atom. The molecule has 118 valence electrons. The van der Waals surface area contributed by atoms with E-state index < -0.39 is 0 Å². The smallest absolute Gasteiger partial charge is 0.157 e. The summed E-state index contributed by atoms with van der Waals surface area (Å²) in [6.45, 7) is 6.15. The number of benzene rings is 1. The van der Waals surface area contributed by atoms with E-state index in [0.29, 0.717) is 5.92 Å². The Labute approximate surface area is 129 Å². The standard InChI is InChI=1S/C19H30O2/c1-3-4-7-18-14-20-19(21-15-18)9-6-5-8-17-12-10-16(2)11-13-17/h10-13,18-19H,3-9,14-15H2,1-2H3. The minimum atomic E-state index is 0.0425. The summed E-state index contributed by atoms with van der Waals surface area (Å²) in [7, 11) is 0. The fraction of sp³-hybridized carbons (Fsp3) is 0.684. The maximum Gasteiger partial charge on any atom is 0.157 e. The molecule has 1 heterocycles. The highest BCUT2D eigenvalue weighted by Gasteiger charge is 2.21. The molecule has 21 heavy (non-hydrogen) atoms. The van der Waals surface area contributed by atoms with Crippen molar-refractivity contribution in [2.24, 2.45) is 5.92 Å². The molecule has 1 saturated heterocycles. The lowest BCUT2D eigenvalue weighted by Crippen LogP contribution is -2.32. The molecule has 0 N–H and O–H groups in total. The van der Waals surface area contributed by atoms with E-state index in [1.807, 2.05) is 0 Å². The van der Waals surface area contributed by atoms with E-state index in [0.717, 1.165) is 26.1 Å². The average molecular weight is 290 g/mol. The van der Waals surface area contributed by atoms with Gasteiger partial charge in [-0.2, -0.15) is 0 Å². The zero-order chi connectivity index (χ0) is 14.9. The van der Waals surface area contributed by atoms with Crippen molar-refractivity contribution in [1.82, 2.24) is 0 Å². The minimum absolute atomic E-state index is 0.0425. The zero-order valence-electron chi connectivity index (χ0n) is 13.6. The van der Waals surface area contributed by atoms with Crippen molar-refractivity contribution in [1.29, 1.82) is 0 Å². The van der Waals surface area contributed by atoms with Crippen LogP contribution in [0.15, 0.2) is 24.3 Å². The Morgan fingerprint density at radius 3 is 2.33 bits per heavy atom. The molecule has 2 heteroatoms. The average Bonchev–Trinajstić information content (AvgIpc) is 2.52. The zero-order valence-corrected chi connectivity index (χ0v) is 13.6. The lowest BCUT2D eigenvalue weighted by molar-refractivity contribution is -0.204. The van der Waals surface area contributed by atoms with Gasteiger partial charge >= 0.3 is 0 Å². The molecule has 0 bridgehead atoms. The normalized spacial score (nSPS) is 22.4. The van der Waals surface area contributed by atoms with Crippen LogP contribution < -0.4 is 0 Å². The van der Waals surface area contributed by atoms with Gasteiger partial charge in [-0.05, 0) is 44.6 Å². The topological polar surface area (TPSA) is 18.5 Å². The van der Waals surface area contributed by atoms with E-state index >= 15 is 0 Å². The summed E-state index contributed by atoms with van der Waals surface area (Å²) < 4.78 is 11.7. The highest BCUT2D eigenvalue weighted by Crippen LogP contribution is 2.20. The van der Waals surface area contributed by atoms with Crippen molar-refractivity contribution in [2.75, 3.05) is 13.2 Å². The summed E-state index contributed by atoms with van der Waals surface area (Å²) in [5.41, 5.74) is 2.77. The fourth-order valence-corrected chi connectivity index (χ4v) is 2.80. The molecule has 0 aromatic heterocycles. The molecule has 0 atom stereocenters. The van der Waals surface area contributed by atoms with Crippen LogP contribution in [-0.4, -0.2) is 19.5 Å². The van der Waals surface area contributed by atoms with Gasteiger partial charge in [0.15, 0.2) is 6.29 Å². The SMILES string of the molecule is CCCCC1COC(CCCCc2ccc(C)cc2)OC1. The molecular formula is C19H30O2. The van der Waals surface area contributed by atoms with Crippen LogP contribution in [0.1, 0.15) is 56.6 Å². The molecule has 1 fully saturated rings. The largest absolute Gasteiger partial charge is 0.352 e. The highest BCUT2D eigenvalue weighted by atomic mass is 16.7.